The first kappa shape index (κ1) is 12.3. The van der Waals surface area contributed by atoms with Gasteiger partial charge in [-0.15, -0.1) is 0 Å². The van der Waals surface area contributed by atoms with Gasteiger partial charge >= 0.3 is 0 Å². The maximum Gasteiger partial charge on any atom is 0.256 e. The van der Waals surface area contributed by atoms with E-state index >= 15 is 0 Å². The number of carbonyl (C=O) groups is 1. The minimum absolute atomic E-state index is 0.0731. The molecule has 1 atom stereocenters. The Morgan fingerprint density at radius 3 is 3.12 bits per heavy atom. The van der Waals surface area contributed by atoms with E-state index in [2.05, 4.69) is 15.0 Å². The molecule has 1 aliphatic rings. The lowest BCUT2D eigenvalue weighted by molar-refractivity contribution is 0.0858. The van der Waals surface area contributed by atoms with Crippen LogP contribution in [0.2, 0.25) is 0 Å². The fourth-order valence-corrected chi connectivity index (χ4v) is 2.65. The van der Waals surface area contributed by atoms with Crippen LogP contribution in [0.25, 0.3) is 0 Å². The van der Waals surface area contributed by atoms with Crippen molar-refractivity contribution in [3.63, 3.8) is 0 Å². The standard InChI is InChI=1S/C11H17N3O2S/c1-7-9(11(12-2)17-14-7)10(15)13-6-8-4-3-5-16-8/h8,12H,3-6H2,1-2H3,(H,13,15)/t8-/m1/s1. The molecule has 5 nitrogen and oxygen atoms in total. The van der Waals surface area contributed by atoms with E-state index in [4.69, 9.17) is 4.74 Å². The van der Waals surface area contributed by atoms with E-state index in [0.29, 0.717) is 12.1 Å². The van der Waals surface area contributed by atoms with Crippen LogP contribution in [0.3, 0.4) is 0 Å². The van der Waals surface area contributed by atoms with Gasteiger partial charge in [-0.3, -0.25) is 4.79 Å². The van der Waals surface area contributed by atoms with Crippen molar-refractivity contribution < 1.29 is 9.53 Å². The lowest BCUT2D eigenvalue weighted by Gasteiger charge is -2.11. The molecule has 0 spiro atoms. The minimum Gasteiger partial charge on any atom is -0.378 e. The molecule has 2 N–H and O–H groups in total. The molecule has 1 fully saturated rings. The number of amides is 1. The fraction of sp³-hybridized carbons (Fsp3) is 0.636. The molecule has 1 aromatic heterocycles. The molecule has 2 rings (SSSR count). The quantitative estimate of drug-likeness (QED) is 0.853. The second-order valence-corrected chi connectivity index (χ2v) is 4.84. The average Bonchev–Trinajstić information content (AvgIpc) is 2.94. The lowest BCUT2D eigenvalue weighted by Crippen LogP contribution is -2.32. The summed E-state index contributed by atoms with van der Waals surface area (Å²) in [4.78, 5) is 12.0. The van der Waals surface area contributed by atoms with E-state index in [1.54, 1.807) is 7.05 Å². The zero-order valence-corrected chi connectivity index (χ0v) is 10.9. The van der Waals surface area contributed by atoms with Crippen LogP contribution in [0.15, 0.2) is 0 Å². The molecule has 0 aliphatic carbocycles. The van der Waals surface area contributed by atoms with Gasteiger partial charge in [0.05, 0.1) is 17.4 Å². The summed E-state index contributed by atoms with van der Waals surface area (Å²) in [7, 11) is 1.80. The van der Waals surface area contributed by atoms with Crippen molar-refractivity contribution in [2.45, 2.75) is 25.9 Å². The van der Waals surface area contributed by atoms with Crippen LogP contribution >= 0.6 is 11.5 Å². The molecule has 2 heterocycles. The Balaban J connectivity index is 1.96. The molecule has 0 aromatic carbocycles. The smallest absolute Gasteiger partial charge is 0.256 e. The predicted octanol–water partition coefficient (Wildman–Crippen LogP) is 1.40. The van der Waals surface area contributed by atoms with Crippen molar-refractivity contribution in [2.75, 3.05) is 25.5 Å². The van der Waals surface area contributed by atoms with Crippen LogP contribution in [0.5, 0.6) is 0 Å². The van der Waals surface area contributed by atoms with E-state index in [9.17, 15) is 4.79 Å². The first-order valence-corrected chi connectivity index (χ1v) is 6.53. The van der Waals surface area contributed by atoms with Gasteiger partial charge in [-0.1, -0.05) is 0 Å². The summed E-state index contributed by atoms with van der Waals surface area (Å²) in [5.41, 5.74) is 1.42. The SMILES string of the molecule is CNc1snc(C)c1C(=O)NC[C@H]1CCCO1. The van der Waals surface area contributed by atoms with Crippen molar-refractivity contribution in [2.24, 2.45) is 0 Å². The Hall–Kier alpha value is -1.14. The summed E-state index contributed by atoms with van der Waals surface area (Å²) in [6, 6.07) is 0. The van der Waals surface area contributed by atoms with Crippen LogP contribution in [0.1, 0.15) is 28.9 Å². The highest BCUT2D eigenvalue weighted by Gasteiger charge is 2.20. The number of nitrogens with one attached hydrogen (secondary N) is 2. The Labute approximate surface area is 105 Å². The number of carbonyl (C=O) groups excluding carboxylic acids is 1. The topological polar surface area (TPSA) is 63.2 Å². The molecular weight excluding hydrogens is 238 g/mol. The number of hydrogen-bond acceptors (Lipinski definition) is 5. The number of aromatic nitrogens is 1. The van der Waals surface area contributed by atoms with Gasteiger partial charge in [0.15, 0.2) is 0 Å². The normalized spacial score (nSPS) is 19.3. The van der Waals surface area contributed by atoms with Crippen LogP contribution in [0.4, 0.5) is 5.00 Å². The summed E-state index contributed by atoms with van der Waals surface area (Å²) in [5, 5.41) is 6.71. The number of anilines is 1. The van der Waals surface area contributed by atoms with Gasteiger partial charge in [0, 0.05) is 20.2 Å². The third kappa shape index (κ3) is 2.76. The highest BCUT2D eigenvalue weighted by Crippen LogP contribution is 2.23. The van der Waals surface area contributed by atoms with Crippen molar-refractivity contribution in [3.05, 3.63) is 11.3 Å². The zero-order valence-electron chi connectivity index (χ0n) is 10.1. The van der Waals surface area contributed by atoms with E-state index in [1.807, 2.05) is 6.92 Å². The molecule has 6 heteroatoms. The van der Waals surface area contributed by atoms with E-state index in [0.717, 1.165) is 30.1 Å². The molecule has 0 unspecified atom stereocenters. The first-order valence-electron chi connectivity index (χ1n) is 5.76. The Morgan fingerprint density at radius 2 is 2.47 bits per heavy atom. The van der Waals surface area contributed by atoms with Crippen LogP contribution in [-0.4, -0.2) is 36.6 Å². The van der Waals surface area contributed by atoms with E-state index in [-0.39, 0.29) is 12.0 Å². The van der Waals surface area contributed by atoms with Gasteiger partial charge in [0.1, 0.15) is 5.00 Å². The zero-order chi connectivity index (χ0) is 12.3. The monoisotopic (exact) mass is 255 g/mol. The van der Waals surface area contributed by atoms with Crippen molar-refractivity contribution in [1.82, 2.24) is 9.69 Å². The molecule has 0 saturated carbocycles. The average molecular weight is 255 g/mol. The van der Waals surface area contributed by atoms with Crippen molar-refractivity contribution >= 4 is 22.4 Å². The molecule has 17 heavy (non-hydrogen) atoms. The van der Waals surface area contributed by atoms with E-state index < -0.39 is 0 Å². The number of hydrogen-bond donors (Lipinski definition) is 2. The Bertz CT molecular complexity index is 399. The highest BCUT2D eigenvalue weighted by atomic mass is 32.1. The van der Waals surface area contributed by atoms with Gasteiger partial charge in [-0.25, -0.2) is 0 Å². The first-order chi connectivity index (χ1) is 8.22. The Morgan fingerprint density at radius 1 is 1.65 bits per heavy atom. The van der Waals surface area contributed by atoms with Crippen molar-refractivity contribution in [1.29, 1.82) is 0 Å². The number of ether oxygens (including phenoxy) is 1. The van der Waals surface area contributed by atoms with E-state index in [1.165, 1.54) is 11.5 Å². The molecule has 1 saturated heterocycles. The number of rotatable bonds is 4. The summed E-state index contributed by atoms with van der Waals surface area (Å²) < 4.78 is 9.64. The van der Waals surface area contributed by atoms with Gasteiger partial charge < -0.3 is 15.4 Å². The van der Waals surface area contributed by atoms with Gasteiger partial charge in [0.25, 0.3) is 5.91 Å². The lowest BCUT2D eigenvalue weighted by atomic mass is 10.2. The maximum absolute atomic E-state index is 12.0. The van der Waals surface area contributed by atoms with Crippen LogP contribution in [0, 0.1) is 6.92 Å². The summed E-state index contributed by atoms with van der Waals surface area (Å²) in [6.45, 7) is 3.23. The molecule has 0 bridgehead atoms. The third-order valence-electron chi connectivity index (χ3n) is 2.83. The molecule has 1 aliphatic heterocycles. The predicted molar refractivity (Wildman–Crippen MR) is 67.7 cm³/mol. The second kappa shape index (κ2) is 5.46. The highest BCUT2D eigenvalue weighted by molar-refractivity contribution is 7.10. The second-order valence-electron chi connectivity index (χ2n) is 4.07. The number of aryl methyl sites for hydroxylation is 1. The van der Waals surface area contributed by atoms with Crippen LogP contribution in [-0.2, 0) is 4.74 Å². The number of nitrogens with zero attached hydrogens (tertiary/aromatic N) is 1. The summed E-state index contributed by atoms with van der Waals surface area (Å²) in [5.74, 6) is -0.0731. The molecule has 0 radical (unpaired) electrons. The summed E-state index contributed by atoms with van der Waals surface area (Å²) >= 11 is 1.31. The third-order valence-corrected chi connectivity index (χ3v) is 3.79. The summed E-state index contributed by atoms with van der Waals surface area (Å²) in [6.07, 6.45) is 2.28. The van der Waals surface area contributed by atoms with Crippen molar-refractivity contribution in [3.8, 4) is 0 Å². The fourth-order valence-electron chi connectivity index (χ4n) is 1.91. The minimum atomic E-state index is -0.0731. The van der Waals surface area contributed by atoms with Gasteiger partial charge in [0.2, 0.25) is 0 Å². The van der Waals surface area contributed by atoms with Gasteiger partial charge in [-0.2, -0.15) is 4.37 Å². The van der Waals surface area contributed by atoms with Crippen LogP contribution < -0.4 is 10.6 Å². The molecule has 1 aromatic rings. The van der Waals surface area contributed by atoms with Gasteiger partial charge in [-0.05, 0) is 31.3 Å². The molecule has 1 amide bonds. The maximum atomic E-state index is 12.0. The molecule has 94 valence electrons. The molecular formula is C11H17N3O2S. The largest absolute Gasteiger partial charge is 0.378 e. The Kier molecular flexibility index (Phi) is 3.96.